The molecule has 0 N–H and O–H groups in total. The van der Waals surface area contributed by atoms with Crippen molar-refractivity contribution in [2.24, 2.45) is 0 Å². The number of hydrogen-bond donors (Lipinski definition) is 0. The number of benzene rings is 1. The fraction of sp³-hybridized carbons (Fsp3) is 0.450. The highest BCUT2D eigenvalue weighted by Crippen LogP contribution is 2.33. The molecule has 0 aliphatic carbocycles. The molecule has 2 aliphatic heterocycles. The van der Waals surface area contributed by atoms with Gasteiger partial charge in [0.05, 0.1) is 13.1 Å². The smallest absolute Gasteiger partial charge is 0.410 e. The molecule has 26 heavy (non-hydrogen) atoms. The number of amides is 1. The second kappa shape index (κ2) is 6.97. The molecule has 1 spiro atoms. The number of carbonyl (C=O) groups excluding carboxylic acids is 1. The van der Waals surface area contributed by atoms with E-state index < -0.39 is 0 Å². The Bertz CT molecular complexity index is 789. The van der Waals surface area contributed by atoms with Crippen LogP contribution in [0.1, 0.15) is 25.0 Å². The molecular weight excluding hydrogens is 352 g/mol. The van der Waals surface area contributed by atoms with E-state index in [0.29, 0.717) is 6.54 Å². The maximum absolute atomic E-state index is 11.8. The van der Waals surface area contributed by atoms with Crippen LogP contribution in [0, 0.1) is 0 Å². The van der Waals surface area contributed by atoms with Crippen molar-refractivity contribution in [1.29, 1.82) is 0 Å². The summed E-state index contributed by atoms with van der Waals surface area (Å²) >= 11 is 5.95. The molecular formula is C20H23ClN2O3. The van der Waals surface area contributed by atoms with Crippen LogP contribution in [0.2, 0.25) is 5.02 Å². The van der Waals surface area contributed by atoms with Crippen LogP contribution in [0.4, 0.5) is 4.79 Å². The maximum Gasteiger partial charge on any atom is 0.410 e. The van der Waals surface area contributed by atoms with Gasteiger partial charge in [0.15, 0.2) is 0 Å². The lowest BCUT2D eigenvalue weighted by Crippen LogP contribution is -2.35. The minimum Gasteiger partial charge on any atom is -0.460 e. The number of ether oxygens (including phenoxy) is 1. The predicted molar refractivity (Wildman–Crippen MR) is 100 cm³/mol. The van der Waals surface area contributed by atoms with Crippen LogP contribution in [-0.4, -0.2) is 48.2 Å². The Morgan fingerprint density at radius 3 is 2.65 bits per heavy atom. The van der Waals surface area contributed by atoms with Crippen LogP contribution in [0.3, 0.4) is 0 Å². The van der Waals surface area contributed by atoms with Crippen molar-refractivity contribution in [1.82, 2.24) is 9.80 Å². The lowest BCUT2D eigenvalue weighted by atomic mass is 9.95. The second-order valence-electron chi connectivity index (χ2n) is 7.31. The zero-order chi connectivity index (χ0) is 18.1. The quantitative estimate of drug-likeness (QED) is 0.798. The Morgan fingerprint density at radius 1 is 1.12 bits per heavy atom. The van der Waals surface area contributed by atoms with E-state index in [0.717, 1.165) is 61.0 Å². The zero-order valence-electron chi connectivity index (χ0n) is 14.9. The Morgan fingerprint density at radius 2 is 1.92 bits per heavy atom. The SMILES string of the molecule is CN1CC2(CCCN(Cc3ccc(-c4ccc(Cl)cc4)o3)CC2)OC1=O. The Balaban J connectivity index is 1.39. The number of likely N-dealkylation sites (tertiary alicyclic amines) is 1. The molecule has 1 atom stereocenters. The molecule has 2 aromatic rings. The van der Waals surface area contributed by atoms with E-state index in [4.69, 9.17) is 20.8 Å². The van der Waals surface area contributed by atoms with Gasteiger partial charge < -0.3 is 14.1 Å². The van der Waals surface area contributed by atoms with Crippen molar-refractivity contribution >= 4 is 17.7 Å². The first kappa shape index (κ1) is 17.4. The van der Waals surface area contributed by atoms with Gasteiger partial charge in [-0.25, -0.2) is 4.79 Å². The molecule has 1 aromatic heterocycles. The van der Waals surface area contributed by atoms with Crippen molar-refractivity contribution in [3.63, 3.8) is 0 Å². The first-order valence-corrected chi connectivity index (χ1v) is 9.42. The highest BCUT2D eigenvalue weighted by Gasteiger charge is 2.44. The van der Waals surface area contributed by atoms with Crippen LogP contribution in [0.5, 0.6) is 0 Å². The summed E-state index contributed by atoms with van der Waals surface area (Å²) in [6.07, 6.45) is 2.62. The van der Waals surface area contributed by atoms with Crippen LogP contribution >= 0.6 is 11.6 Å². The van der Waals surface area contributed by atoms with Gasteiger partial charge >= 0.3 is 6.09 Å². The number of halogens is 1. The fourth-order valence-corrected chi connectivity index (χ4v) is 4.01. The highest BCUT2D eigenvalue weighted by molar-refractivity contribution is 6.30. The van der Waals surface area contributed by atoms with Gasteiger partial charge in [0, 0.05) is 30.6 Å². The summed E-state index contributed by atoms with van der Waals surface area (Å²) in [4.78, 5) is 15.8. The summed E-state index contributed by atoms with van der Waals surface area (Å²) in [5.41, 5.74) is 0.717. The van der Waals surface area contributed by atoms with E-state index in [9.17, 15) is 4.79 Å². The molecule has 1 amide bonds. The van der Waals surface area contributed by atoms with Gasteiger partial charge in [-0.05, 0) is 55.8 Å². The summed E-state index contributed by atoms with van der Waals surface area (Å²) in [6, 6.07) is 11.7. The highest BCUT2D eigenvalue weighted by atomic mass is 35.5. The molecule has 3 heterocycles. The second-order valence-corrected chi connectivity index (χ2v) is 7.75. The fourth-order valence-electron chi connectivity index (χ4n) is 3.89. The first-order chi connectivity index (χ1) is 12.5. The van der Waals surface area contributed by atoms with E-state index in [1.165, 1.54) is 0 Å². The number of carbonyl (C=O) groups is 1. The van der Waals surface area contributed by atoms with E-state index in [1.807, 2.05) is 36.4 Å². The van der Waals surface area contributed by atoms with Crippen molar-refractivity contribution in [2.75, 3.05) is 26.7 Å². The molecule has 5 nitrogen and oxygen atoms in total. The van der Waals surface area contributed by atoms with Crippen LogP contribution in [0.25, 0.3) is 11.3 Å². The summed E-state index contributed by atoms with van der Waals surface area (Å²) in [5.74, 6) is 1.81. The average molecular weight is 375 g/mol. The lowest BCUT2D eigenvalue weighted by Gasteiger charge is -2.25. The lowest BCUT2D eigenvalue weighted by molar-refractivity contribution is 0.0441. The van der Waals surface area contributed by atoms with Crippen LogP contribution in [-0.2, 0) is 11.3 Å². The molecule has 138 valence electrons. The van der Waals surface area contributed by atoms with E-state index in [1.54, 1.807) is 11.9 Å². The number of hydrogen-bond acceptors (Lipinski definition) is 4. The summed E-state index contributed by atoms with van der Waals surface area (Å²) in [5, 5.41) is 0.720. The number of rotatable bonds is 3. The van der Waals surface area contributed by atoms with Crippen molar-refractivity contribution in [2.45, 2.75) is 31.4 Å². The maximum atomic E-state index is 11.8. The van der Waals surface area contributed by atoms with Gasteiger partial charge in [-0.15, -0.1) is 0 Å². The third-order valence-corrected chi connectivity index (χ3v) is 5.55. The Kier molecular flexibility index (Phi) is 4.67. The van der Waals surface area contributed by atoms with Gasteiger partial charge in [0.1, 0.15) is 17.1 Å². The summed E-state index contributed by atoms with van der Waals surface area (Å²) in [7, 11) is 1.81. The average Bonchev–Trinajstić information content (AvgIpc) is 3.12. The van der Waals surface area contributed by atoms with E-state index in [2.05, 4.69) is 4.90 Å². The molecule has 0 bridgehead atoms. The van der Waals surface area contributed by atoms with E-state index >= 15 is 0 Å². The largest absolute Gasteiger partial charge is 0.460 e. The predicted octanol–water partition coefficient (Wildman–Crippen LogP) is 4.41. The third kappa shape index (κ3) is 3.60. The molecule has 2 aliphatic rings. The van der Waals surface area contributed by atoms with Crippen molar-refractivity contribution < 1.29 is 13.9 Å². The van der Waals surface area contributed by atoms with Crippen LogP contribution < -0.4 is 0 Å². The molecule has 1 unspecified atom stereocenters. The number of likely N-dealkylation sites (N-methyl/N-ethyl adjacent to an activating group) is 1. The van der Waals surface area contributed by atoms with Gasteiger partial charge in [0.25, 0.3) is 0 Å². The molecule has 0 radical (unpaired) electrons. The monoisotopic (exact) mass is 374 g/mol. The van der Waals surface area contributed by atoms with Gasteiger partial charge in [0.2, 0.25) is 0 Å². The minimum absolute atomic E-state index is 0.197. The summed E-state index contributed by atoms with van der Waals surface area (Å²) in [6.45, 7) is 3.35. The number of furan rings is 1. The van der Waals surface area contributed by atoms with Gasteiger partial charge in [-0.1, -0.05) is 11.6 Å². The standard InChI is InChI=1S/C20H23ClN2O3/c1-22-14-20(26-19(22)24)9-2-11-23(12-10-20)13-17-7-8-18(25-17)15-3-5-16(21)6-4-15/h3-8H,2,9-14H2,1H3. The Hall–Kier alpha value is -1.98. The Labute approximate surface area is 158 Å². The van der Waals surface area contributed by atoms with Gasteiger partial charge in [-0.2, -0.15) is 0 Å². The van der Waals surface area contributed by atoms with E-state index in [-0.39, 0.29) is 11.7 Å². The van der Waals surface area contributed by atoms with Crippen molar-refractivity contribution in [3.05, 3.63) is 47.2 Å². The molecule has 6 heteroatoms. The molecule has 1 aromatic carbocycles. The third-order valence-electron chi connectivity index (χ3n) is 5.30. The normalized spacial score (nSPS) is 24.1. The molecule has 4 rings (SSSR count). The molecule has 2 saturated heterocycles. The van der Waals surface area contributed by atoms with Gasteiger partial charge in [-0.3, -0.25) is 4.90 Å². The number of nitrogens with zero attached hydrogens (tertiary/aromatic N) is 2. The zero-order valence-corrected chi connectivity index (χ0v) is 15.7. The van der Waals surface area contributed by atoms with Crippen molar-refractivity contribution in [3.8, 4) is 11.3 Å². The minimum atomic E-state index is -0.307. The van der Waals surface area contributed by atoms with Crippen LogP contribution in [0.15, 0.2) is 40.8 Å². The molecule has 2 fully saturated rings. The first-order valence-electron chi connectivity index (χ1n) is 9.04. The molecule has 0 saturated carbocycles. The summed E-state index contributed by atoms with van der Waals surface area (Å²) < 4.78 is 11.7. The topological polar surface area (TPSA) is 45.9 Å².